The molecular weight excluding hydrogens is 330 g/mol. The summed E-state index contributed by atoms with van der Waals surface area (Å²) in [5.74, 6) is 0.639. The highest BCUT2D eigenvalue weighted by Crippen LogP contribution is 2.27. The first kappa shape index (κ1) is 17.4. The van der Waals surface area contributed by atoms with Crippen LogP contribution < -0.4 is 20.3 Å². The van der Waals surface area contributed by atoms with Gasteiger partial charge in [0.1, 0.15) is 5.75 Å². The van der Waals surface area contributed by atoms with Gasteiger partial charge in [0.25, 0.3) is 0 Å². The number of rotatable bonds is 6. The van der Waals surface area contributed by atoms with Crippen LogP contribution in [0.1, 0.15) is 0 Å². The largest absolute Gasteiger partial charge is 0.495 e. The Morgan fingerprint density at radius 2 is 1.96 bits per heavy atom. The summed E-state index contributed by atoms with van der Waals surface area (Å²) in [4.78, 5) is 2.17. The quantitative estimate of drug-likeness (QED) is 0.776. The van der Waals surface area contributed by atoms with Crippen LogP contribution in [-0.4, -0.2) is 32.4 Å². The van der Waals surface area contributed by atoms with E-state index in [0.717, 1.165) is 18.8 Å². The summed E-state index contributed by atoms with van der Waals surface area (Å²) in [6.07, 6.45) is 0. The van der Waals surface area contributed by atoms with Crippen LogP contribution in [0.15, 0.2) is 48.5 Å². The van der Waals surface area contributed by atoms with E-state index in [9.17, 15) is 0 Å². The zero-order valence-electron chi connectivity index (χ0n) is 13.2. The van der Waals surface area contributed by atoms with Crippen LogP contribution in [-0.2, 0) is 0 Å². The number of nitrogens with one attached hydrogen (secondary N) is 2. The number of hydrogen-bond donors (Lipinski definition) is 2. The lowest BCUT2D eigenvalue weighted by molar-refractivity contribution is 0.415. The van der Waals surface area contributed by atoms with Gasteiger partial charge in [-0.2, -0.15) is 0 Å². The number of anilines is 2. The van der Waals surface area contributed by atoms with E-state index in [1.807, 2.05) is 24.3 Å². The summed E-state index contributed by atoms with van der Waals surface area (Å²) in [5.41, 5.74) is 2.00. The number of benzene rings is 2. The van der Waals surface area contributed by atoms with Gasteiger partial charge in [-0.3, -0.25) is 0 Å². The van der Waals surface area contributed by atoms with Gasteiger partial charge >= 0.3 is 0 Å². The van der Waals surface area contributed by atoms with Gasteiger partial charge in [0.15, 0.2) is 5.11 Å². The predicted octanol–water partition coefficient (Wildman–Crippen LogP) is 3.77. The lowest BCUT2D eigenvalue weighted by Gasteiger charge is -2.20. The maximum absolute atomic E-state index is 6.09. The fourth-order valence-corrected chi connectivity index (χ4v) is 2.55. The van der Waals surface area contributed by atoms with Crippen LogP contribution in [0.3, 0.4) is 0 Å². The van der Waals surface area contributed by atoms with E-state index < -0.39 is 0 Å². The maximum Gasteiger partial charge on any atom is 0.170 e. The van der Waals surface area contributed by atoms with E-state index in [4.69, 9.17) is 28.6 Å². The normalized spacial score (nSPS) is 10.0. The molecule has 0 aliphatic heterocycles. The molecule has 2 N–H and O–H groups in total. The fourth-order valence-electron chi connectivity index (χ4n) is 2.07. The van der Waals surface area contributed by atoms with E-state index in [2.05, 4.69) is 34.7 Å². The lowest BCUT2D eigenvalue weighted by Crippen LogP contribution is -2.35. The monoisotopic (exact) mass is 349 g/mol. The summed E-state index contributed by atoms with van der Waals surface area (Å²) in [5, 5.41) is 7.40. The highest BCUT2D eigenvalue weighted by Gasteiger charge is 2.04. The van der Waals surface area contributed by atoms with Gasteiger partial charge in [-0.25, -0.2) is 0 Å². The number of thiocarbonyl (C=S) groups is 1. The van der Waals surface area contributed by atoms with Crippen molar-refractivity contribution < 1.29 is 4.74 Å². The molecule has 0 bridgehead atoms. The Morgan fingerprint density at radius 1 is 1.22 bits per heavy atom. The van der Waals surface area contributed by atoms with Crippen molar-refractivity contribution in [1.82, 2.24) is 5.32 Å². The van der Waals surface area contributed by atoms with Crippen molar-refractivity contribution in [3.05, 3.63) is 53.6 Å². The van der Waals surface area contributed by atoms with Crippen molar-refractivity contribution in [2.45, 2.75) is 0 Å². The molecule has 122 valence electrons. The number of likely N-dealkylation sites (N-methyl/N-ethyl adjacent to an activating group) is 1. The molecule has 0 aliphatic rings. The van der Waals surface area contributed by atoms with Crippen molar-refractivity contribution in [2.75, 3.05) is 37.5 Å². The van der Waals surface area contributed by atoms with E-state index in [-0.39, 0.29) is 0 Å². The number of nitrogens with zero attached hydrogens (tertiary/aromatic N) is 1. The second-order valence-corrected chi connectivity index (χ2v) is 5.80. The minimum Gasteiger partial charge on any atom is -0.495 e. The number of methoxy groups -OCH3 is 1. The zero-order chi connectivity index (χ0) is 16.7. The molecule has 0 unspecified atom stereocenters. The smallest absolute Gasteiger partial charge is 0.170 e. The summed E-state index contributed by atoms with van der Waals surface area (Å²) >= 11 is 11.4. The Hall–Kier alpha value is -1.98. The zero-order valence-corrected chi connectivity index (χ0v) is 14.7. The van der Waals surface area contributed by atoms with Gasteiger partial charge in [-0.15, -0.1) is 0 Å². The van der Waals surface area contributed by atoms with Gasteiger partial charge < -0.3 is 20.3 Å². The number of para-hydroxylation sites is 1. The summed E-state index contributed by atoms with van der Waals surface area (Å²) < 4.78 is 5.12. The Morgan fingerprint density at radius 3 is 2.61 bits per heavy atom. The Labute approximate surface area is 147 Å². The van der Waals surface area contributed by atoms with Crippen molar-refractivity contribution >= 4 is 40.3 Å². The molecule has 4 nitrogen and oxygen atoms in total. The van der Waals surface area contributed by atoms with Crippen molar-refractivity contribution in [3.8, 4) is 5.75 Å². The SMILES string of the molecule is COc1ccc(NC(=S)NCCN(C)c2ccccc2)cc1Cl. The molecule has 0 radical (unpaired) electrons. The van der Waals surface area contributed by atoms with Gasteiger partial charge in [0.2, 0.25) is 0 Å². The van der Waals surface area contributed by atoms with Gasteiger partial charge in [0, 0.05) is 31.5 Å². The van der Waals surface area contributed by atoms with Crippen molar-refractivity contribution in [3.63, 3.8) is 0 Å². The van der Waals surface area contributed by atoms with E-state index in [1.165, 1.54) is 5.69 Å². The predicted molar refractivity (Wildman–Crippen MR) is 102 cm³/mol. The molecule has 0 saturated carbocycles. The molecule has 0 aromatic heterocycles. The third-order valence-electron chi connectivity index (χ3n) is 3.34. The number of ether oxygens (including phenoxy) is 1. The van der Waals surface area contributed by atoms with Gasteiger partial charge in [-0.1, -0.05) is 29.8 Å². The van der Waals surface area contributed by atoms with Crippen LogP contribution in [0.4, 0.5) is 11.4 Å². The molecule has 0 heterocycles. The third kappa shape index (κ3) is 5.30. The van der Waals surface area contributed by atoms with Gasteiger partial charge in [-0.05, 0) is 42.5 Å². The first-order chi connectivity index (χ1) is 11.1. The molecule has 6 heteroatoms. The molecule has 2 aromatic carbocycles. The lowest BCUT2D eigenvalue weighted by atomic mass is 10.3. The summed E-state index contributed by atoms with van der Waals surface area (Å²) in [6.45, 7) is 1.58. The second-order valence-electron chi connectivity index (χ2n) is 4.99. The van der Waals surface area contributed by atoms with Crippen molar-refractivity contribution in [1.29, 1.82) is 0 Å². The van der Waals surface area contributed by atoms with Gasteiger partial charge in [0.05, 0.1) is 12.1 Å². The molecular formula is C17H20ClN3OS. The molecule has 0 atom stereocenters. The van der Waals surface area contributed by atoms with Crippen LogP contribution in [0, 0.1) is 0 Å². The Kier molecular flexibility index (Phi) is 6.50. The van der Waals surface area contributed by atoms with E-state index >= 15 is 0 Å². The number of hydrogen-bond acceptors (Lipinski definition) is 3. The maximum atomic E-state index is 6.09. The molecule has 0 spiro atoms. The van der Waals surface area contributed by atoms with Crippen LogP contribution in [0.25, 0.3) is 0 Å². The molecule has 2 aromatic rings. The third-order valence-corrected chi connectivity index (χ3v) is 3.88. The molecule has 0 saturated heterocycles. The highest BCUT2D eigenvalue weighted by molar-refractivity contribution is 7.80. The Balaban J connectivity index is 1.78. The Bertz CT molecular complexity index is 652. The minimum atomic E-state index is 0.545. The standard InChI is InChI=1S/C17H20ClN3OS/c1-21(14-6-4-3-5-7-14)11-10-19-17(23)20-13-8-9-16(22-2)15(18)12-13/h3-9,12H,10-11H2,1-2H3,(H2,19,20,23). The molecule has 0 amide bonds. The minimum absolute atomic E-state index is 0.545. The first-order valence-electron chi connectivity index (χ1n) is 7.24. The summed E-state index contributed by atoms with van der Waals surface area (Å²) in [7, 11) is 3.64. The molecule has 2 rings (SSSR count). The topological polar surface area (TPSA) is 36.5 Å². The van der Waals surface area contributed by atoms with Crippen LogP contribution >= 0.6 is 23.8 Å². The fraction of sp³-hybridized carbons (Fsp3) is 0.235. The number of halogens is 1. The molecule has 0 aliphatic carbocycles. The highest BCUT2D eigenvalue weighted by atomic mass is 35.5. The van der Waals surface area contributed by atoms with Crippen molar-refractivity contribution in [2.24, 2.45) is 0 Å². The average molecular weight is 350 g/mol. The average Bonchev–Trinajstić information content (AvgIpc) is 2.55. The summed E-state index contributed by atoms with van der Waals surface area (Å²) in [6, 6.07) is 15.7. The molecule has 23 heavy (non-hydrogen) atoms. The first-order valence-corrected chi connectivity index (χ1v) is 8.03. The molecule has 0 fully saturated rings. The van der Waals surface area contributed by atoms with Crippen LogP contribution in [0.5, 0.6) is 5.75 Å². The van der Waals surface area contributed by atoms with Crippen LogP contribution in [0.2, 0.25) is 5.02 Å². The second kappa shape index (κ2) is 8.60. The van der Waals surface area contributed by atoms with E-state index in [1.54, 1.807) is 19.2 Å². The van der Waals surface area contributed by atoms with E-state index in [0.29, 0.717) is 15.9 Å².